The number of rotatable bonds is 2. The van der Waals surface area contributed by atoms with Crippen LogP contribution in [0.3, 0.4) is 0 Å². The quantitative estimate of drug-likeness (QED) is 0.630. The van der Waals surface area contributed by atoms with E-state index in [9.17, 15) is 4.39 Å². The summed E-state index contributed by atoms with van der Waals surface area (Å²) in [5.74, 6) is 0. The predicted octanol–water partition coefficient (Wildman–Crippen LogP) is 1.46. The van der Waals surface area contributed by atoms with Gasteiger partial charge in [0.15, 0.2) is 0 Å². The minimum atomic E-state index is -0.341. The highest BCUT2D eigenvalue weighted by Gasteiger charge is 2.18. The van der Waals surface area contributed by atoms with Crippen molar-refractivity contribution in [3.8, 4) is 0 Å². The van der Waals surface area contributed by atoms with E-state index < -0.39 is 0 Å². The van der Waals surface area contributed by atoms with E-state index in [0.717, 1.165) is 19.5 Å². The molecule has 1 aliphatic rings. The average Bonchev–Trinajstić information content (AvgIpc) is 2.28. The second-order valence-electron chi connectivity index (χ2n) is 3.57. The van der Waals surface area contributed by atoms with Gasteiger partial charge in [-0.2, -0.15) is 0 Å². The van der Waals surface area contributed by atoms with Crippen LogP contribution in [-0.4, -0.2) is 43.4 Å². The smallest absolute Gasteiger partial charge is 0.116 e. The molecule has 2 nitrogen and oxygen atoms in total. The fraction of sp³-hybridized carbons (Fsp3) is 1.00. The molecule has 1 unspecified atom stereocenters. The molecule has 1 saturated heterocycles. The van der Waals surface area contributed by atoms with E-state index >= 15 is 0 Å². The van der Waals surface area contributed by atoms with Crippen molar-refractivity contribution in [2.24, 2.45) is 0 Å². The fourth-order valence-corrected chi connectivity index (χ4v) is 1.48. The van der Waals surface area contributed by atoms with Crippen molar-refractivity contribution < 1.29 is 9.13 Å². The first kappa shape index (κ1) is 9.93. The van der Waals surface area contributed by atoms with E-state index in [-0.39, 0.29) is 12.8 Å². The molecular weight excluding hydrogens is 157 g/mol. The molecule has 0 aromatic carbocycles. The molecule has 0 saturated carbocycles. The van der Waals surface area contributed by atoms with Gasteiger partial charge in [0.05, 0.1) is 12.7 Å². The molecule has 3 heteroatoms. The molecule has 12 heavy (non-hydrogen) atoms. The number of hydrogen-bond donors (Lipinski definition) is 0. The van der Waals surface area contributed by atoms with E-state index in [1.165, 1.54) is 0 Å². The summed E-state index contributed by atoms with van der Waals surface area (Å²) in [5.41, 5.74) is 0. The topological polar surface area (TPSA) is 12.5 Å². The largest absolute Gasteiger partial charge is 0.374 e. The van der Waals surface area contributed by atoms with E-state index in [4.69, 9.17) is 4.74 Å². The van der Waals surface area contributed by atoms with E-state index in [1.54, 1.807) is 0 Å². The van der Waals surface area contributed by atoms with Crippen LogP contribution in [0.25, 0.3) is 0 Å². The van der Waals surface area contributed by atoms with Gasteiger partial charge in [0.1, 0.15) is 6.67 Å². The Morgan fingerprint density at radius 1 is 1.50 bits per heavy atom. The highest BCUT2D eigenvalue weighted by atomic mass is 19.1. The van der Waals surface area contributed by atoms with E-state index in [0.29, 0.717) is 12.6 Å². The van der Waals surface area contributed by atoms with Crippen LogP contribution in [0, 0.1) is 0 Å². The molecule has 0 radical (unpaired) electrons. The maximum atomic E-state index is 12.2. The molecule has 1 fully saturated rings. The lowest BCUT2D eigenvalue weighted by molar-refractivity contribution is 0.0439. The van der Waals surface area contributed by atoms with Crippen LogP contribution in [0.2, 0.25) is 0 Å². The van der Waals surface area contributed by atoms with Gasteiger partial charge in [-0.05, 0) is 20.3 Å². The predicted molar refractivity (Wildman–Crippen MR) is 47.0 cm³/mol. The van der Waals surface area contributed by atoms with Crippen molar-refractivity contribution in [3.63, 3.8) is 0 Å². The maximum absolute atomic E-state index is 12.2. The number of nitrogens with zero attached hydrogens (tertiary/aromatic N) is 1. The zero-order valence-electron chi connectivity index (χ0n) is 7.92. The molecule has 0 aromatic rings. The second kappa shape index (κ2) is 4.77. The Morgan fingerprint density at radius 3 is 2.83 bits per heavy atom. The first-order valence-corrected chi connectivity index (χ1v) is 4.65. The third kappa shape index (κ3) is 2.72. The summed E-state index contributed by atoms with van der Waals surface area (Å²) in [4.78, 5) is 2.33. The highest BCUT2D eigenvalue weighted by Crippen LogP contribution is 2.09. The van der Waals surface area contributed by atoms with Gasteiger partial charge in [-0.25, -0.2) is 4.39 Å². The Kier molecular flexibility index (Phi) is 3.95. The molecule has 1 aliphatic heterocycles. The first-order valence-electron chi connectivity index (χ1n) is 4.65. The fourth-order valence-electron chi connectivity index (χ4n) is 1.48. The number of halogens is 1. The molecule has 0 N–H and O–H groups in total. The van der Waals surface area contributed by atoms with Gasteiger partial charge in [-0.3, -0.25) is 4.90 Å². The summed E-state index contributed by atoms with van der Waals surface area (Å²) in [7, 11) is 0. The van der Waals surface area contributed by atoms with Gasteiger partial charge >= 0.3 is 0 Å². The van der Waals surface area contributed by atoms with Gasteiger partial charge in [-0.1, -0.05) is 0 Å². The summed E-state index contributed by atoms with van der Waals surface area (Å²) >= 11 is 0. The van der Waals surface area contributed by atoms with Crippen LogP contribution < -0.4 is 0 Å². The van der Waals surface area contributed by atoms with Crippen molar-refractivity contribution in [2.75, 3.05) is 26.4 Å². The average molecular weight is 175 g/mol. The third-order valence-electron chi connectivity index (χ3n) is 2.37. The summed E-state index contributed by atoms with van der Waals surface area (Å²) < 4.78 is 17.6. The van der Waals surface area contributed by atoms with Crippen LogP contribution >= 0.6 is 0 Å². The lowest BCUT2D eigenvalue weighted by Gasteiger charge is -2.23. The Labute approximate surface area is 73.7 Å². The Hall–Kier alpha value is -0.150. The van der Waals surface area contributed by atoms with Gasteiger partial charge in [-0.15, -0.1) is 0 Å². The van der Waals surface area contributed by atoms with Gasteiger partial charge in [0, 0.05) is 19.1 Å². The SMILES string of the molecule is CC(C)N1CCOC(CF)CC1. The molecule has 1 heterocycles. The lowest BCUT2D eigenvalue weighted by atomic mass is 10.2. The van der Waals surface area contributed by atoms with Crippen LogP contribution in [0.4, 0.5) is 4.39 Å². The molecule has 0 amide bonds. The van der Waals surface area contributed by atoms with Gasteiger partial charge in [0.25, 0.3) is 0 Å². The molecule has 0 spiro atoms. The maximum Gasteiger partial charge on any atom is 0.116 e. The van der Waals surface area contributed by atoms with E-state index in [2.05, 4.69) is 18.7 Å². The van der Waals surface area contributed by atoms with Crippen LogP contribution in [0.1, 0.15) is 20.3 Å². The Bertz CT molecular complexity index is 130. The number of alkyl halides is 1. The molecule has 0 aliphatic carbocycles. The van der Waals surface area contributed by atoms with Crippen molar-refractivity contribution in [1.29, 1.82) is 0 Å². The van der Waals surface area contributed by atoms with Crippen LogP contribution in [0.15, 0.2) is 0 Å². The lowest BCUT2D eigenvalue weighted by Crippen LogP contribution is -2.33. The summed E-state index contributed by atoms with van der Waals surface area (Å²) in [6, 6.07) is 0.548. The van der Waals surface area contributed by atoms with Crippen molar-refractivity contribution in [3.05, 3.63) is 0 Å². The van der Waals surface area contributed by atoms with Crippen LogP contribution in [0.5, 0.6) is 0 Å². The zero-order chi connectivity index (χ0) is 8.97. The molecule has 1 rings (SSSR count). The summed E-state index contributed by atoms with van der Waals surface area (Å²) in [5, 5.41) is 0. The van der Waals surface area contributed by atoms with Crippen molar-refractivity contribution >= 4 is 0 Å². The number of ether oxygens (including phenoxy) is 1. The molecule has 0 bridgehead atoms. The Balaban J connectivity index is 2.34. The highest BCUT2D eigenvalue weighted by molar-refractivity contribution is 4.70. The third-order valence-corrected chi connectivity index (χ3v) is 2.37. The summed E-state index contributed by atoms with van der Waals surface area (Å²) in [6.45, 7) is 6.56. The summed E-state index contributed by atoms with van der Waals surface area (Å²) in [6.07, 6.45) is 0.669. The van der Waals surface area contributed by atoms with Crippen molar-refractivity contribution in [1.82, 2.24) is 4.90 Å². The van der Waals surface area contributed by atoms with Gasteiger partial charge < -0.3 is 4.74 Å². The van der Waals surface area contributed by atoms with Gasteiger partial charge in [0.2, 0.25) is 0 Å². The first-order chi connectivity index (χ1) is 5.74. The minimum Gasteiger partial charge on any atom is -0.374 e. The normalized spacial score (nSPS) is 27.5. The van der Waals surface area contributed by atoms with Crippen molar-refractivity contribution in [2.45, 2.75) is 32.4 Å². The number of hydrogen-bond acceptors (Lipinski definition) is 2. The molecule has 72 valence electrons. The minimum absolute atomic E-state index is 0.159. The zero-order valence-corrected chi connectivity index (χ0v) is 7.92. The van der Waals surface area contributed by atoms with E-state index in [1.807, 2.05) is 0 Å². The molecular formula is C9H18FNO. The molecule has 1 atom stereocenters. The Morgan fingerprint density at radius 2 is 2.25 bits per heavy atom. The second-order valence-corrected chi connectivity index (χ2v) is 3.57. The standard InChI is InChI=1S/C9H18FNO/c1-8(2)11-4-3-9(7-10)12-6-5-11/h8-9H,3-7H2,1-2H3. The van der Waals surface area contributed by atoms with Crippen LogP contribution in [-0.2, 0) is 4.74 Å². The molecule has 0 aromatic heterocycles. The monoisotopic (exact) mass is 175 g/mol.